The molecule has 0 saturated carbocycles. The zero-order valence-electron chi connectivity index (χ0n) is 14.8. The van der Waals surface area contributed by atoms with Gasteiger partial charge < -0.3 is 15.2 Å². The molecule has 0 spiro atoms. The molecular weight excluding hydrogens is 372 g/mol. The minimum atomic E-state index is -3.50. The number of anilines is 1. The van der Waals surface area contributed by atoms with Crippen LogP contribution in [0.5, 0.6) is 5.75 Å². The molecule has 2 aromatic rings. The molecular formula is C18H20N2O6S. The SMILES string of the molecule is CC(COc1ccccc1)(NC(=O)c1cccc(NS(C)(=O)=O)c1)C(=O)O. The lowest BCUT2D eigenvalue weighted by Crippen LogP contribution is -2.56. The van der Waals surface area contributed by atoms with Crippen LogP contribution in [0.3, 0.4) is 0 Å². The van der Waals surface area contributed by atoms with Crippen molar-refractivity contribution in [3.8, 4) is 5.75 Å². The highest BCUT2D eigenvalue weighted by Gasteiger charge is 2.36. The molecule has 0 radical (unpaired) electrons. The van der Waals surface area contributed by atoms with E-state index in [4.69, 9.17) is 4.74 Å². The van der Waals surface area contributed by atoms with E-state index in [0.29, 0.717) is 5.75 Å². The Balaban J connectivity index is 2.14. The van der Waals surface area contributed by atoms with Crippen molar-refractivity contribution in [1.82, 2.24) is 5.32 Å². The molecule has 27 heavy (non-hydrogen) atoms. The first-order valence-electron chi connectivity index (χ1n) is 7.91. The first kappa shape index (κ1) is 20.2. The molecule has 8 nitrogen and oxygen atoms in total. The third kappa shape index (κ3) is 6.00. The maximum Gasteiger partial charge on any atom is 0.332 e. The third-order valence-electron chi connectivity index (χ3n) is 3.56. The van der Waals surface area contributed by atoms with Crippen LogP contribution in [0.4, 0.5) is 5.69 Å². The molecule has 1 unspecified atom stereocenters. The molecule has 3 N–H and O–H groups in total. The minimum Gasteiger partial charge on any atom is -0.491 e. The summed E-state index contributed by atoms with van der Waals surface area (Å²) in [5, 5.41) is 12.0. The van der Waals surface area contributed by atoms with Gasteiger partial charge in [0.1, 0.15) is 12.4 Å². The number of sulfonamides is 1. The quantitative estimate of drug-likeness (QED) is 0.629. The standard InChI is InChI=1S/C18H20N2O6S/c1-18(17(22)23,12-26-15-9-4-3-5-10-15)19-16(21)13-7-6-8-14(11-13)20-27(2,24)25/h3-11,20H,12H2,1-2H3,(H,19,21)(H,22,23). The number of ether oxygens (including phenoxy) is 1. The van der Waals surface area contributed by atoms with E-state index in [9.17, 15) is 23.1 Å². The number of aliphatic carboxylic acids is 1. The number of rotatable bonds is 8. The molecule has 0 bridgehead atoms. The van der Waals surface area contributed by atoms with Gasteiger partial charge in [-0.3, -0.25) is 9.52 Å². The van der Waals surface area contributed by atoms with Gasteiger partial charge in [0.2, 0.25) is 10.0 Å². The predicted octanol–water partition coefficient (Wildman–Crippen LogP) is 1.71. The van der Waals surface area contributed by atoms with Gasteiger partial charge in [-0.05, 0) is 37.3 Å². The summed E-state index contributed by atoms with van der Waals surface area (Å²) in [4.78, 5) is 24.2. The van der Waals surface area contributed by atoms with Crippen molar-refractivity contribution in [2.24, 2.45) is 0 Å². The van der Waals surface area contributed by atoms with Crippen LogP contribution in [-0.2, 0) is 14.8 Å². The molecule has 1 atom stereocenters. The van der Waals surface area contributed by atoms with Crippen LogP contribution in [0.15, 0.2) is 54.6 Å². The fourth-order valence-electron chi connectivity index (χ4n) is 2.16. The topological polar surface area (TPSA) is 122 Å². The number of carboxylic acids is 1. The summed E-state index contributed by atoms with van der Waals surface area (Å²) in [7, 11) is -3.50. The fraction of sp³-hybridized carbons (Fsp3) is 0.222. The number of hydrogen-bond acceptors (Lipinski definition) is 5. The van der Waals surface area contributed by atoms with Crippen molar-refractivity contribution in [2.75, 3.05) is 17.6 Å². The number of nitrogens with one attached hydrogen (secondary N) is 2. The molecule has 144 valence electrons. The Bertz CT molecular complexity index is 930. The lowest BCUT2D eigenvalue weighted by molar-refractivity contribution is -0.145. The summed E-state index contributed by atoms with van der Waals surface area (Å²) in [6.07, 6.45) is 0.988. The summed E-state index contributed by atoms with van der Waals surface area (Å²) in [5.74, 6) is -1.47. The number of carboxylic acid groups (broad SMARTS) is 1. The second-order valence-electron chi connectivity index (χ2n) is 6.15. The second kappa shape index (κ2) is 8.09. The molecule has 0 saturated heterocycles. The number of benzene rings is 2. The molecule has 1 amide bonds. The molecule has 9 heteroatoms. The van der Waals surface area contributed by atoms with Crippen molar-refractivity contribution < 1.29 is 27.9 Å². The molecule has 0 aliphatic carbocycles. The highest BCUT2D eigenvalue weighted by molar-refractivity contribution is 7.92. The number of hydrogen-bond donors (Lipinski definition) is 3. The zero-order valence-corrected chi connectivity index (χ0v) is 15.6. The average molecular weight is 392 g/mol. The smallest absolute Gasteiger partial charge is 0.332 e. The van der Waals surface area contributed by atoms with E-state index in [2.05, 4.69) is 10.0 Å². The second-order valence-corrected chi connectivity index (χ2v) is 7.90. The Labute approximate surface area is 157 Å². The molecule has 0 heterocycles. The lowest BCUT2D eigenvalue weighted by Gasteiger charge is -2.26. The van der Waals surface area contributed by atoms with Gasteiger partial charge in [0.25, 0.3) is 5.91 Å². The van der Waals surface area contributed by atoms with Crippen molar-refractivity contribution in [3.05, 3.63) is 60.2 Å². The average Bonchev–Trinajstić information content (AvgIpc) is 2.59. The van der Waals surface area contributed by atoms with Crippen molar-refractivity contribution in [2.45, 2.75) is 12.5 Å². The largest absolute Gasteiger partial charge is 0.491 e. The summed E-state index contributed by atoms with van der Waals surface area (Å²) >= 11 is 0. The van der Waals surface area contributed by atoms with E-state index in [-0.39, 0.29) is 17.9 Å². The molecule has 0 aliphatic rings. The van der Waals surface area contributed by atoms with Crippen LogP contribution in [0.2, 0.25) is 0 Å². The van der Waals surface area contributed by atoms with Gasteiger partial charge in [-0.25, -0.2) is 13.2 Å². The lowest BCUT2D eigenvalue weighted by atomic mass is 10.0. The summed E-state index contributed by atoms with van der Waals surface area (Å²) < 4.78 is 30.4. The van der Waals surface area contributed by atoms with Crippen LogP contribution in [0.1, 0.15) is 17.3 Å². The van der Waals surface area contributed by atoms with Gasteiger partial charge in [0.15, 0.2) is 5.54 Å². The molecule has 2 aromatic carbocycles. The van der Waals surface area contributed by atoms with Crippen LogP contribution in [-0.4, -0.2) is 43.8 Å². The maximum absolute atomic E-state index is 12.5. The van der Waals surface area contributed by atoms with Crippen LogP contribution >= 0.6 is 0 Å². The van der Waals surface area contributed by atoms with E-state index in [0.717, 1.165) is 6.26 Å². The summed E-state index contributed by atoms with van der Waals surface area (Å²) in [6.45, 7) is 1.04. The fourth-order valence-corrected chi connectivity index (χ4v) is 2.71. The highest BCUT2D eigenvalue weighted by Crippen LogP contribution is 2.16. The molecule has 0 fully saturated rings. The van der Waals surface area contributed by atoms with Gasteiger partial charge in [0.05, 0.1) is 6.26 Å². The molecule has 0 aromatic heterocycles. The Morgan fingerprint density at radius 1 is 1.11 bits per heavy atom. The van der Waals surface area contributed by atoms with Crippen molar-refractivity contribution >= 4 is 27.6 Å². The normalized spacial score (nSPS) is 13.3. The number of amides is 1. The highest BCUT2D eigenvalue weighted by atomic mass is 32.2. The minimum absolute atomic E-state index is 0.107. The Kier molecular flexibility index (Phi) is 6.06. The number of carbonyl (C=O) groups excluding carboxylic acids is 1. The predicted molar refractivity (Wildman–Crippen MR) is 100 cm³/mol. The van der Waals surface area contributed by atoms with Gasteiger partial charge in [-0.1, -0.05) is 24.3 Å². The van der Waals surface area contributed by atoms with E-state index in [1.807, 2.05) is 0 Å². The van der Waals surface area contributed by atoms with Gasteiger partial charge >= 0.3 is 5.97 Å². The zero-order chi connectivity index (χ0) is 20.1. The van der Waals surface area contributed by atoms with E-state index in [1.54, 1.807) is 30.3 Å². The number of para-hydroxylation sites is 1. The van der Waals surface area contributed by atoms with E-state index < -0.39 is 27.4 Å². The molecule has 0 aliphatic heterocycles. The van der Waals surface area contributed by atoms with Gasteiger partial charge in [-0.2, -0.15) is 0 Å². The first-order chi connectivity index (χ1) is 12.6. The summed E-state index contributed by atoms with van der Waals surface area (Å²) in [6, 6.07) is 14.4. The van der Waals surface area contributed by atoms with E-state index >= 15 is 0 Å². The Hall–Kier alpha value is -3.07. The Morgan fingerprint density at radius 2 is 1.78 bits per heavy atom. The maximum atomic E-state index is 12.5. The van der Waals surface area contributed by atoms with Crippen molar-refractivity contribution in [3.63, 3.8) is 0 Å². The van der Waals surface area contributed by atoms with E-state index in [1.165, 1.54) is 31.2 Å². The van der Waals surface area contributed by atoms with Gasteiger partial charge in [0, 0.05) is 11.3 Å². The molecule has 2 rings (SSSR count). The number of carbonyl (C=O) groups is 2. The van der Waals surface area contributed by atoms with Gasteiger partial charge in [-0.15, -0.1) is 0 Å². The van der Waals surface area contributed by atoms with Crippen LogP contribution < -0.4 is 14.8 Å². The first-order valence-corrected chi connectivity index (χ1v) is 9.80. The van der Waals surface area contributed by atoms with Crippen LogP contribution in [0, 0.1) is 0 Å². The summed E-state index contributed by atoms with van der Waals surface area (Å²) in [5.41, 5.74) is -1.38. The van der Waals surface area contributed by atoms with Crippen LogP contribution in [0.25, 0.3) is 0 Å². The Morgan fingerprint density at radius 3 is 2.37 bits per heavy atom. The third-order valence-corrected chi connectivity index (χ3v) is 4.17. The van der Waals surface area contributed by atoms with Crippen molar-refractivity contribution in [1.29, 1.82) is 0 Å². The monoisotopic (exact) mass is 392 g/mol.